The van der Waals surface area contributed by atoms with E-state index in [0.29, 0.717) is 23.7 Å². The number of alkyl halides is 3. The van der Waals surface area contributed by atoms with Gasteiger partial charge in [-0.3, -0.25) is 0 Å². The van der Waals surface area contributed by atoms with Crippen molar-refractivity contribution in [3.63, 3.8) is 0 Å². The predicted octanol–water partition coefficient (Wildman–Crippen LogP) is 4.30. The first kappa shape index (κ1) is 17.7. The molecule has 4 nitrogen and oxygen atoms in total. The van der Waals surface area contributed by atoms with Gasteiger partial charge >= 0.3 is 6.18 Å². The van der Waals surface area contributed by atoms with Crippen molar-refractivity contribution in [1.29, 1.82) is 0 Å². The lowest BCUT2D eigenvalue weighted by atomic mass is 9.99. The Morgan fingerprint density at radius 2 is 1.88 bits per heavy atom. The van der Waals surface area contributed by atoms with Gasteiger partial charge in [0.05, 0.1) is 17.7 Å². The SMILES string of the molecule is CCC(Nc1ccnc(C2CC2)n1)C(O)c1ccc(C(F)(F)F)cc1. The summed E-state index contributed by atoms with van der Waals surface area (Å²) in [5, 5.41) is 13.7. The second kappa shape index (κ2) is 7.00. The summed E-state index contributed by atoms with van der Waals surface area (Å²) < 4.78 is 38.0. The molecule has 2 unspecified atom stereocenters. The van der Waals surface area contributed by atoms with Crippen molar-refractivity contribution in [3.8, 4) is 0 Å². The second-order valence-electron chi connectivity index (χ2n) is 6.30. The first-order valence-corrected chi connectivity index (χ1v) is 8.33. The van der Waals surface area contributed by atoms with Gasteiger partial charge in [0.15, 0.2) is 0 Å². The maximum atomic E-state index is 12.7. The number of aliphatic hydroxyl groups is 1. The molecular formula is C18H20F3N3O. The fourth-order valence-corrected chi connectivity index (χ4v) is 2.69. The molecule has 0 spiro atoms. The minimum atomic E-state index is -4.38. The first-order chi connectivity index (χ1) is 11.9. The van der Waals surface area contributed by atoms with Crippen molar-refractivity contribution in [2.24, 2.45) is 0 Å². The molecule has 0 bridgehead atoms. The van der Waals surface area contributed by atoms with Crippen molar-refractivity contribution in [2.75, 3.05) is 5.32 Å². The van der Waals surface area contributed by atoms with Gasteiger partial charge in [0.2, 0.25) is 0 Å². The summed E-state index contributed by atoms with van der Waals surface area (Å²) in [5.74, 6) is 1.83. The number of hydrogen-bond acceptors (Lipinski definition) is 4. The third-order valence-corrected chi connectivity index (χ3v) is 4.35. The van der Waals surface area contributed by atoms with E-state index >= 15 is 0 Å². The molecule has 0 saturated heterocycles. The molecule has 1 aliphatic carbocycles. The van der Waals surface area contributed by atoms with E-state index in [2.05, 4.69) is 15.3 Å². The highest BCUT2D eigenvalue weighted by molar-refractivity contribution is 5.37. The normalized spacial score (nSPS) is 17.2. The van der Waals surface area contributed by atoms with Crippen LogP contribution in [0.1, 0.15) is 55.2 Å². The van der Waals surface area contributed by atoms with Crippen LogP contribution in [0.4, 0.5) is 19.0 Å². The number of rotatable bonds is 6. The van der Waals surface area contributed by atoms with Gasteiger partial charge in [0.25, 0.3) is 0 Å². The monoisotopic (exact) mass is 351 g/mol. The topological polar surface area (TPSA) is 58.0 Å². The Hall–Kier alpha value is -2.15. The molecule has 1 fully saturated rings. The lowest BCUT2D eigenvalue weighted by molar-refractivity contribution is -0.137. The van der Waals surface area contributed by atoms with E-state index in [1.807, 2.05) is 6.92 Å². The highest BCUT2D eigenvalue weighted by Gasteiger charge is 2.31. The van der Waals surface area contributed by atoms with Gasteiger partial charge in [0, 0.05) is 12.1 Å². The van der Waals surface area contributed by atoms with Gasteiger partial charge in [0.1, 0.15) is 11.6 Å². The molecule has 3 rings (SSSR count). The molecule has 1 aromatic carbocycles. The van der Waals surface area contributed by atoms with Crippen molar-refractivity contribution < 1.29 is 18.3 Å². The lowest BCUT2D eigenvalue weighted by Crippen LogP contribution is -2.27. The van der Waals surface area contributed by atoms with Crippen molar-refractivity contribution in [1.82, 2.24) is 9.97 Å². The molecule has 7 heteroatoms. The van der Waals surface area contributed by atoms with Crippen LogP contribution in [-0.4, -0.2) is 21.1 Å². The molecule has 2 aromatic rings. The zero-order chi connectivity index (χ0) is 18.0. The molecule has 0 amide bonds. The molecular weight excluding hydrogens is 331 g/mol. The summed E-state index contributed by atoms with van der Waals surface area (Å²) in [7, 11) is 0. The Kier molecular flexibility index (Phi) is 4.94. The van der Waals surface area contributed by atoms with E-state index < -0.39 is 17.8 Å². The van der Waals surface area contributed by atoms with Gasteiger partial charge in [-0.2, -0.15) is 13.2 Å². The van der Waals surface area contributed by atoms with E-state index in [4.69, 9.17) is 0 Å². The summed E-state index contributed by atoms with van der Waals surface area (Å²) in [6, 6.07) is 5.97. The summed E-state index contributed by atoms with van der Waals surface area (Å²) in [6.45, 7) is 1.90. The molecule has 1 aromatic heterocycles. The Labute approximate surface area is 144 Å². The molecule has 2 atom stereocenters. The van der Waals surface area contributed by atoms with Crippen LogP contribution in [0.3, 0.4) is 0 Å². The number of aromatic nitrogens is 2. The minimum Gasteiger partial charge on any atom is -0.386 e. The molecule has 0 aliphatic heterocycles. The summed E-state index contributed by atoms with van der Waals surface area (Å²) >= 11 is 0. The second-order valence-corrected chi connectivity index (χ2v) is 6.30. The molecule has 1 aliphatic rings. The Morgan fingerprint density at radius 1 is 1.20 bits per heavy atom. The van der Waals surface area contributed by atoms with Crippen LogP contribution < -0.4 is 5.32 Å². The van der Waals surface area contributed by atoms with Crippen LogP contribution in [0.25, 0.3) is 0 Å². The van der Waals surface area contributed by atoms with Gasteiger partial charge in [-0.1, -0.05) is 19.1 Å². The molecule has 25 heavy (non-hydrogen) atoms. The Morgan fingerprint density at radius 3 is 2.44 bits per heavy atom. The van der Waals surface area contributed by atoms with E-state index in [1.54, 1.807) is 12.3 Å². The average molecular weight is 351 g/mol. The summed E-state index contributed by atoms with van der Waals surface area (Å²) in [4.78, 5) is 8.71. The highest BCUT2D eigenvalue weighted by Crippen LogP contribution is 2.38. The zero-order valence-corrected chi connectivity index (χ0v) is 13.8. The summed E-state index contributed by atoms with van der Waals surface area (Å²) in [6.07, 6.45) is -0.868. The minimum absolute atomic E-state index is 0.362. The van der Waals surface area contributed by atoms with E-state index in [9.17, 15) is 18.3 Å². The predicted molar refractivity (Wildman–Crippen MR) is 88.1 cm³/mol. The quantitative estimate of drug-likeness (QED) is 0.815. The van der Waals surface area contributed by atoms with Crippen LogP contribution in [0.15, 0.2) is 36.5 Å². The van der Waals surface area contributed by atoms with Gasteiger partial charge in [-0.05, 0) is 43.0 Å². The molecule has 1 heterocycles. The van der Waals surface area contributed by atoms with Crippen molar-refractivity contribution in [3.05, 3.63) is 53.5 Å². The third-order valence-electron chi connectivity index (χ3n) is 4.35. The zero-order valence-electron chi connectivity index (χ0n) is 13.8. The fourth-order valence-electron chi connectivity index (χ4n) is 2.69. The number of benzene rings is 1. The molecule has 1 saturated carbocycles. The van der Waals surface area contributed by atoms with E-state index in [1.165, 1.54) is 12.1 Å². The first-order valence-electron chi connectivity index (χ1n) is 8.33. The lowest BCUT2D eigenvalue weighted by Gasteiger charge is -2.24. The number of hydrogen-bond donors (Lipinski definition) is 2. The Bertz CT molecular complexity index is 714. The smallest absolute Gasteiger partial charge is 0.386 e. The number of nitrogens with one attached hydrogen (secondary N) is 1. The number of anilines is 1. The molecule has 134 valence electrons. The number of nitrogens with zero attached hydrogens (tertiary/aromatic N) is 2. The largest absolute Gasteiger partial charge is 0.416 e. The van der Waals surface area contributed by atoms with E-state index in [-0.39, 0.29) is 6.04 Å². The Balaban J connectivity index is 1.72. The van der Waals surface area contributed by atoms with Crippen molar-refractivity contribution in [2.45, 2.75) is 50.4 Å². The highest BCUT2D eigenvalue weighted by atomic mass is 19.4. The van der Waals surface area contributed by atoms with Crippen LogP contribution >= 0.6 is 0 Å². The molecule has 2 N–H and O–H groups in total. The van der Waals surface area contributed by atoms with Crippen molar-refractivity contribution >= 4 is 5.82 Å². The van der Waals surface area contributed by atoms with Crippen LogP contribution in [0.2, 0.25) is 0 Å². The summed E-state index contributed by atoms with van der Waals surface area (Å²) in [5.41, 5.74) is -0.293. The van der Waals surface area contributed by atoms with E-state index in [0.717, 1.165) is 30.8 Å². The number of halogens is 3. The van der Waals surface area contributed by atoms with Gasteiger partial charge in [-0.15, -0.1) is 0 Å². The average Bonchev–Trinajstić information content (AvgIpc) is 3.44. The standard InChI is InChI=1S/C18H20F3N3O/c1-2-14(23-15-9-10-22-17(24-15)12-3-4-12)16(25)11-5-7-13(8-6-11)18(19,20)21/h5-10,12,14,16,25H,2-4H2,1H3,(H,22,23,24). The fraction of sp³-hybridized carbons (Fsp3) is 0.444. The van der Waals surface area contributed by atoms with Gasteiger partial charge < -0.3 is 10.4 Å². The third kappa shape index (κ3) is 4.28. The maximum absolute atomic E-state index is 12.7. The van der Waals surface area contributed by atoms with Gasteiger partial charge in [-0.25, -0.2) is 9.97 Å². The maximum Gasteiger partial charge on any atom is 0.416 e. The molecule has 0 radical (unpaired) electrons. The van der Waals surface area contributed by atoms with Crippen LogP contribution in [0.5, 0.6) is 0 Å². The van der Waals surface area contributed by atoms with Crippen LogP contribution in [0, 0.1) is 0 Å². The van der Waals surface area contributed by atoms with Crippen LogP contribution in [-0.2, 0) is 6.18 Å². The number of aliphatic hydroxyl groups excluding tert-OH is 1.